The summed E-state index contributed by atoms with van der Waals surface area (Å²) in [6.45, 7) is 1.90. The molecule has 9 heteroatoms. The van der Waals surface area contributed by atoms with Crippen molar-refractivity contribution in [2.24, 2.45) is 7.05 Å². The van der Waals surface area contributed by atoms with Crippen LogP contribution in [0.25, 0.3) is 0 Å². The Morgan fingerprint density at radius 1 is 1.07 bits per heavy atom. The lowest BCUT2D eigenvalue weighted by atomic mass is 10.2. The largest absolute Gasteiger partial charge is 0.326 e. The number of benzene rings is 2. The number of nitrogens with one attached hydrogen (secondary N) is 2. The number of para-hydroxylation sites is 1. The number of thioether (sulfide) groups is 1. The highest BCUT2D eigenvalue weighted by Crippen LogP contribution is 2.21. The van der Waals surface area contributed by atoms with E-state index in [2.05, 4.69) is 20.8 Å². The van der Waals surface area contributed by atoms with Crippen molar-refractivity contribution in [1.82, 2.24) is 14.8 Å². The Bertz CT molecular complexity index is 1020. The molecule has 0 aliphatic rings. The molecule has 2 amide bonds. The van der Waals surface area contributed by atoms with Crippen LogP contribution in [0.5, 0.6) is 0 Å². The molecule has 150 valence electrons. The van der Waals surface area contributed by atoms with Gasteiger partial charge in [-0.1, -0.05) is 47.6 Å². The smallest absolute Gasteiger partial charge is 0.234 e. The maximum absolute atomic E-state index is 12.3. The van der Waals surface area contributed by atoms with Crippen LogP contribution < -0.4 is 10.6 Å². The predicted molar refractivity (Wildman–Crippen MR) is 115 cm³/mol. The van der Waals surface area contributed by atoms with E-state index in [1.807, 2.05) is 43.3 Å². The minimum Gasteiger partial charge on any atom is -0.326 e. The summed E-state index contributed by atoms with van der Waals surface area (Å²) in [7, 11) is 1.77. The quantitative estimate of drug-likeness (QED) is 0.559. The van der Waals surface area contributed by atoms with Crippen molar-refractivity contribution in [3.05, 3.63) is 64.9 Å². The van der Waals surface area contributed by atoms with E-state index in [1.165, 1.54) is 11.8 Å². The van der Waals surface area contributed by atoms with Gasteiger partial charge < -0.3 is 15.2 Å². The molecule has 2 aromatic carbocycles. The number of nitrogens with zero attached hydrogens (tertiary/aromatic N) is 3. The van der Waals surface area contributed by atoms with Gasteiger partial charge in [0.05, 0.1) is 12.2 Å². The Morgan fingerprint density at radius 3 is 2.59 bits per heavy atom. The SMILES string of the molecule is Cc1ccc(Cl)cc1NC(=O)CSc1nnc(CC(=O)Nc2ccccc2)n1C. The molecular formula is C20H20ClN5O2S. The normalized spacial score (nSPS) is 10.6. The molecule has 0 aliphatic heterocycles. The Hall–Kier alpha value is -2.84. The van der Waals surface area contributed by atoms with Crippen LogP contribution in [0.4, 0.5) is 11.4 Å². The predicted octanol–water partition coefficient (Wildman–Crippen LogP) is 3.69. The van der Waals surface area contributed by atoms with Gasteiger partial charge >= 0.3 is 0 Å². The van der Waals surface area contributed by atoms with Gasteiger partial charge in [-0.25, -0.2) is 0 Å². The first-order chi connectivity index (χ1) is 13.9. The van der Waals surface area contributed by atoms with E-state index in [-0.39, 0.29) is 24.0 Å². The second-order valence-electron chi connectivity index (χ2n) is 6.34. The fraction of sp³-hybridized carbons (Fsp3) is 0.200. The van der Waals surface area contributed by atoms with E-state index in [0.717, 1.165) is 11.3 Å². The summed E-state index contributed by atoms with van der Waals surface area (Å²) in [4.78, 5) is 24.4. The summed E-state index contributed by atoms with van der Waals surface area (Å²) in [5.41, 5.74) is 2.33. The van der Waals surface area contributed by atoms with Crippen molar-refractivity contribution in [2.75, 3.05) is 16.4 Å². The standard InChI is InChI=1S/C20H20ClN5O2S/c1-13-8-9-14(21)10-16(13)23-19(28)12-29-20-25-24-17(26(20)2)11-18(27)22-15-6-4-3-5-7-15/h3-10H,11-12H2,1-2H3,(H,22,27)(H,23,28). The Balaban J connectivity index is 1.54. The maximum atomic E-state index is 12.3. The summed E-state index contributed by atoms with van der Waals surface area (Å²) in [6.07, 6.45) is 0.0901. The van der Waals surface area contributed by atoms with Crippen molar-refractivity contribution in [2.45, 2.75) is 18.5 Å². The van der Waals surface area contributed by atoms with Gasteiger partial charge in [-0.3, -0.25) is 9.59 Å². The zero-order valence-corrected chi connectivity index (χ0v) is 17.5. The molecule has 0 radical (unpaired) electrons. The summed E-state index contributed by atoms with van der Waals surface area (Å²) in [6, 6.07) is 14.5. The van der Waals surface area contributed by atoms with E-state index in [0.29, 0.717) is 21.7 Å². The Kier molecular flexibility index (Phi) is 6.90. The van der Waals surface area contributed by atoms with Gasteiger partial charge in [0.15, 0.2) is 5.16 Å². The fourth-order valence-electron chi connectivity index (χ4n) is 2.54. The third-order valence-corrected chi connectivity index (χ3v) is 5.36. The van der Waals surface area contributed by atoms with Crippen LogP contribution in [0, 0.1) is 6.92 Å². The van der Waals surface area contributed by atoms with Crippen LogP contribution in [0.1, 0.15) is 11.4 Å². The molecule has 0 saturated carbocycles. The number of carbonyl (C=O) groups excluding carboxylic acids is 2. The number of anilines is 2. The van der Waals surface area contributed by atoms with E-state index < -0.39 is 0 Å². The molecule has 0 fully saturated rings. The molecule has 0 atom stereocenters. The fourth-order valence-corrected chi connectivity index (χ4v) is 3.44. The lowest BCUT2D eigenvalue weighted by Crippen LogP contribution is -2.17. The first kappa shape index (κ1) is 20.9. The number of hydrogen-bond acceptors (Lipinski definition) is 5. The summed E-state index contributed by atoms with van der Waals surface area (Å²) >= 11 is 7.23. The molecule has 1 aromatic heterocycles. The molecule has 29 heavy (non-hydrogen) atoms. The minimum atomic E-state index is -0.183. The highest BCUT2D eigenvalue weighted by molar-refractivity contribution is 7.99. The molecule has 7 nitrogen and oxygen atoms in total. The average molecular weight is 430 g/mol. The van der Waals surface area contributed by atoms with Crippen molar-refractivity contribution in [1.29, 1.82) is 0 Å². The second-order valence-corrected chi connectivity index (χ2v) is 7.72. The number of carbonyl (C=O) groups is 2. The van der Waals surface area contributed by atoms with Gasteiger partial charge in [-0.2, -0.15) is 0 Å². The monoisotopic (exact) mass is 429 g/mol. The third-order valence-electron chi connectivity index (χ3n) is 4.11. The van der Waals surface area contributed by atoms with E-state index in [4.69, 9.17) is 11.6 Å². The zero-order valence-electron chi connectivity index (χ0n) is 16.0. The van der Waals surface area contributed by atoms with Crippen LogP contribution >= 0.6 is 23.4 Å². The van der Waals surface area contributed by atoms with Crippen molar-refractivity contribution < 1.29 is 9.59 Å². The van der Waals surface area contributed by atoms with Gasteiger partial charge in [0.2, 0.25) is 11.8 Å². The van der Waals surface area contributed by atoms with Gasteiger partial charge in [0.1, 0.15) is 5.82 Å². The van der Waals surface area contributed by atoms with Crippen molar-refractivity contribution in [3.8, 4) is 0 Å². The molecule has 0 bridgehead atoms. The summed E-state index contributed by atoms with van der Waals surface area (Å²) in [5, 5.41) is 14.9. The van der Waals surface area contributed by atoms with Crippen LogP contribution in [0.15, 0.2) is 53.7 Å². The number of aromatic nitrogens is 3. The van der Waals surface area contributed by atoms with Crippen LogP contribution in [-0.4, -0.2) is 32.3 Å². The van der Waals surface area contributed by atoms with Crippen LogP contribution in [0.3, 0.4) is 0 Å². The first-order valence-electron chi connectivity index (χ1n) is 8.84. The highest BCUT2D eigenvalue weighted by Gasteiger charge is 2.15. The van der Waals surface area contributed by atoms with E-state index in [1.54, 1.807) is 23.7 Å². The Labute approximate surface area is 177 Å². The van der Waals surface area contributed by atoms with Crippen molar-refractivity contribution in [3.63, 3.8) is 0 Å². The van der Waals surface area contributed by atoms with Gasteiger partial charge in [-0.05, 0) is 36.8 Å². The molecule has 0 saturated heterocycles. The van der Waals surface area contributed by atoms with Crippen molar-refractivity contribution >= 4 is 46.6 Å². The molecular weight excluding hydrogens is 410 g/mol. The number of rotatable bonds is 7. The molecule has 2 N–H and O–H groups in total. The molecule has 0 unspecified atom stereocenters. The van der Waals surface area contributed by atoms with Gasteiger partial charge in [-0.15, -0.1) is 10.2 Å². The number of aryl methyl sites for hydroxylation is 1. The lowest BCUT2D eigenvalue weighted by Gasteiger charge is -2.09. The average Bonchev–Trinajstić information content (AvgIpc) is 3.03. The molecule has 0 spiro atoms. The molecule has 3 aromatic rings. The van der Waals surface area contributed by atoms with E-state index >= 15 is 0 Å². The summed E-state index contributed by atoms with van der Waals surface area (Å²) in [5.74, 6) is 0.324. The lowest BCUT2D eigenvalue weighted by molar-refractivity contribution is -0.116. The number of amides is 2. The van der Waals surface area contributed by atoms with E-state index in [9.17, 15) is 9.59 Å². The topological polar surface area (TPSA) is 88.9 Å². The Morgan fingerprint density at radius 2 is 1.83 bits per heavy atom. The van der Waals surface area contributed by atoms with Gasteiger partial charge in [0.25, 0.3) is 0 Å². The number of hydrogen-bond donors (Lipinski definition) is 2. The van der Waals surface area contributed by atoms with Crippen LogP contribution in [-0.2, 0) is 23.1 Å². The second kappa shape index (κ2) is 9.58. The van der Waals surface area contributed by atoms with Crippen LogP contribution in [0.2, 0.25) is 5.02 Å². The van der Waals surface area contributed by atoms with Gasteiger partial charge in [0, 0.05) is 23.4 Å². The third kappa shape index (κ3) is 5.82. The molecule has 0 aliphatic carbocycles. The zero-order chi connectivity index (χ0) is 20.8. The minimum absolute atomic E-state index is 0.0901. The first-order valence-corrected chi connectivity index (χ1v) is 10.2. The summed E-state index contributed by atoms with van der Waals surface area (Å²) < 4.78 is 1.72. The molecule has 1 heterocycles. The highest BCUT2D eigenvalue weighted by atomic mass is 35.5. The number of halogens is 1. The maximum Gasteiger partial charge on any atom is 0.234 e. The molecule has 3 rings (SSSR count).